The van der Waals surface area contributed by atoms with Gasteiger partial charge in [0.25, 0.3) is 5.78 Å². The number of ketones is 1. The average molecular weight is 415 g/mol. The Labute approximate surface area is 174 Å². The second kappa shape index (κ2) is 11.7. The van der Waals surface area contributed by atoms with E-state index in [0.29, 0.717) is 5.56 Å². The van der Waals surface area contributed by atoms with Gasteiger partial charge >= 0.3 is 12.1 Å². The van der Waals surface area contributed by atoms with Crippen molar-refractivity contribution in [2.24, 2.45) is 0 Å². The Morgan fingerprint density at radius 1 is 0.967 bits per heavy atom. The van der Waals surface area contributed by atoms with E-state index in [-0.39, 0.29) is 31.7 Å². The monoisotopic (exact) mass is 415 g/mol. The molecule has 0 radical (unpaired) electrons. The predicted octanol–water partition coefficient (Wildman–Crippen LogP) is 2.14. The molecule has 30 heavy (non-hydrogen) atoms. The van der Waals surface area contributed by atoms with Crippen LogP contribution in [0.2, 0.25) is 0 Å². The van der Waals surface area contributed by atoms with Gasteiger partial charge in [0, 0.05) is 12.1 Å². The van der Waals surface area contributed by atoms with Crippen LogP contribution in [-0.2, 0) is 20.9 Å². The molecule has 2 atom stereocenters. The van der Waals surface area contributed by atoms with E-state index in [2.05, 4.69) is 10.1 Å². The number of carbonyl (C=O) groups is 3. The summed E-state index contributed by atoms with van der Waals surface area (Å²) in [6, 6.07) is 14.9. The minimum absolute atomic E-state index is 0.0884. The van der Waals surface area contributed by atoms with E-state index in [1.54, 1.807) is 6.92 Å². The normalized spacial score (nSPS) is 12.5. The molecule has 0 aliphatic rings. The molecular weight excluding hydrogens is 390 g/mol. The fraction of sp³-hybridized carbons (Fsp3) is 0.318. The highest BCUT2D eigenvalue weighted by molar-refractivity contribution is 6.40. The molecule has 0 saturated heterocycles. The molecule has 160 valence electrons. The zero-order valence-corrected chi connectivity index (χ0v) is 16.6. The van der Waals surface area contributed by atoms with Crippen molar-refractivity contribution in [2.45, 2.75) is 32.2 Å². The number of aliphatic hydroxyl groups is 2. The number of nitrogens with one attached hydrogen (secondary N) is 1. The van der Waals surface area contributed by atoms with Crippen LogP contribution >= 0.6 is 0 Å². The van der Waals surface area contributed by atoms with Gasteiger partial charge in [-0.25, -0.2) is 9.59 Å². The largest absolute Gasteiger partial charge is 0.460 e. The summed E-state index contributed by atoms with van der Waals surface area (Å²) in [7, 11) is 0. The van der Waals surface area contributed by atoms with Gasteiger partial charge in [-0.05, 0) is 24.5 Å². The lowest BCUT2D eigenvalue weighted by Gasteiger charge is -2.18. The summed E-state index contributed by atoms with van der Waals surface area (Å²) in [6.45, 7) is 1.94. The number of Topliss-reactive ketones (excluding diaryl/α,β-unsaturated/α-hetero) is 1. The Morgan fingerprint density at radius 3 is 2.27 bits per heavy atom. The number of benzene rings is 2. The third-order valence-electron chi connectivity index (χ3n) is 4.26. The van der Waals surface area contributed by atoms with Crippen LogP contribution in [-0.4, -0.2) is 47.3 Å². The first-order valence-electron chi connectivity index (χ1n) is 9.54. The number of carbonyl (C=O) groups excluding carboxylic acids is 3. The molecule has 0 heterocycles. The summed E-state index contributed by atoms with van der Waals surface area (Å²) < 4.78 is 9.72. The standard InChI is InChI=1S/C22H25NO7/c1-2-29-21(27)20(26)17-10-8-16(9-11-17)19(25)18(24)12-13-23-22(28)30-14-15-6-4-3-5-7-15/h3-11,18-19,24-25H,2,12-14H2,1H3,(H,23,28). The predicted molar refractivity (Wildman–Crippen MR) is 108 cm³/mol. The van der Waals surface area contributed by atoms with Crippen LogP contribution < -0.4 is 5.32 Å². The maximum absolute atomic E-state index is 11.9. The molecule has 8 nitrogen and oxygen atoms in total. The Balaban J connectivity index is 1.77. The van der Waals surface area contributed by atoms with Gasteiger partial charge in [0.05, 0.1) is 12.7 Å². The SMILES string of the molecule is CCOC(=O)C(=O)c1ccc(C(O)C(O)CCNC(=O)OCc2ccccc2)cc1. The summed E-state index contributed by atoms with van der Waals surface area (Å²) in [6.07, 6.45) is -2.90. The summed E-state index contributed by atoms with van der Waals surface area (Å²) in [5, 5.41) is 22.9. The second-order valence-electron chi connectivity index (χ2n) is 6.46. The number of aliphatic hydroxyl groups excluding tert-OH is 2. The molecular formula is C22H25NO7. The van der Waals surface area contributed by atoms with Crippen molar-refractivity contribution in [3.8, 4) is 0 Å². The molecule has 2 unspecified atom stereocenters. The fourth-order valence-electron chi connectivity index (χ4n) is 2.62. The van der Waals surface area contributed by atoms with Gasteiger partial charge in [0.1, 0.15) is 12.7 Å². The lowest BCUT2D eigenvalue weighted by atomic mass is 10.00. The van der Waals surface area contributed by atoms with Crippen LogP contribution in [0.5, 0.6) is 0 Å². The van der Waals surface area contributed by atoms with E-state index >= 15 is 0 Å². The number of hydrogen-bond acceptors (Lipinski definition) is 7. The molecule has 2 rings (SSSR count). The van der Waals surface area contributed by atoms with Crippen molar-refractivity contribution in [3.63, 3.8) is 0 Å². The first-order valence-corrected chi connectivity index (χ1v) is 9.54. The van der Waals surface area contributed by atoms with Crippen LogP contribution in [0.25, 0.3) is 0 Å². The van der Waals surface area contributed by atoms with Crippen molar-refractivity contribution in [3.05, 3.63) is 71.3 Å². The number of amides is 1. The second-order valence-corrected chi connectivity index (χ2v) is 6.46. The highest BCUT2D eigenvalue weighted by atomic mass is 16.5. The quantitative estimate of drug-likeness (QED) is 0.309. The zero-order valence-electron chi connectivity index (χ0n) is 16.6. The van der Waals surface area contributed by atoms with Gasteiger partial charge in [-0.1, -0.05) is 54.6 Å². The molecule has 0 saturated carbocycles. The fourth-order valence-corrected chi connectivity index (χ4v) is 2.62. The lowest BCUT2D eigenvalue weighted by molar-refractivity contribution is -0.137. The molecule has 2 aromatic carbocycles. The topological polar surface area (TPSA) is 122 Å². The molecule has 8 heteroatoms. The first kappa shape index (κ1) is 23.1. The molecule has 1 amide bonds. The Morgan fingerprint density at radius 2 is 1.63 bits per heavy atom. The summed E-state index contributed by atoms with van der Waals surface area (Å²) in [5.41, 5.74) is 1.35. The molecule has 0 aliphatic heterocycles. The molecule has 0 aliphatic carbocycles. The van der Waals surface area contributed by atoms with Crippen molar-refractivity contribution >= 4 is 17.8 Å². The summed E-state index contributed by atoms with van der Waals surface area (Å²) >= 11 is 0. The van der Waals surface area contributed by atoms with Crippen molar-refractivity contribution in [1.82, 2.24) is 5.32 Å². The highest BCUT2D eigenvalue weighted by Crippen LogP contribution is 2.19. The maximum Gasteiger partial charge on any atom is 0.407 e. The van der Waals surface area contributed by atoms with Gasteiger partial charge in [-0.2, -0.15) is 0 Å². The first-order chi connectivity index (χ1) is 14.4. The highest BCUT2D eigenvalue weighted by Gasteiger charge is 2.21. The van der Waals surface area contributed by atoms with Gasteiger partial charge < -0.3 is 25.0 Å². The minimum atomic E-state index is -1.22. The summed E-state index contributed by atoms with van der Waals surface area (Å²) in [5.74, 6) is -1.73. The van der Waals surface area contributed by atoms with Crippen LogP contribution in [0, 0.1) is 0 Å². The molecule has 0 bridgehead atoms. The Kier molecular flexibility index (Phi) is 8.99. The zero-order chi connectivity index (χ0) is 21.9. The van der Waals surface area contributed by atoms with Crippen molar-refractivity contribution < 1.29 is 34.1 Å². The van der Waals surface area contributed by atoms with Crippen LogP contribution in [0.4, 0.5) is 4.79 Å². The van der Waals surface area contributed by atoms with Gasteiger partial charge in [-0.3, -0.25) is 4.79 Å². The van der Waals surface area contributed by atoms with Gasteiger partial charge in [-0.15, -0.1) is 0 Å². The molecule has 0 fully saturated rings. The van der Waals surface area contributed by atoms with E-state index in [1.165, 1.54) is 24.3 Å². The van der Waals surface area contributed by atoms with E-state index in [9.17, 15) is 24.6 Å². The maximum atomic E-state index is 11.9. The number of ether oxygens (including phenoxy) is 2. The molecule has 2 aromatic rings. The number of esters is 1. The number of alkyl carbamates (subject to hydrolysis) is 1. The van der Waals surface area contributed by atoms with Gasteiger partial charge in [0.15, 0.2) is 0 Å². The van der Waals surface area contributed by atoms with Crippen molar-refractivity contribution in [2.75, 3.05) is 13.2 Å². The minimum Gasteiger partial charge on any atom is -0.460 e. The van der Waals surface area contributed by atoms with Crippen molar-refractivity contribution in [1.29, 1.82) is 0 Å². The average Bonchev–Trinajstić information content (AvgIpc) is 2.77. The Hall–Kier alpha value is -3.23. The van der Waals surface area contributed by atoms with E-state index in [0.717, 1.165) is 5.56 Å². The third kappa shape index (κ3) is 6.98. The summed E-state index contributed by atoms with van der Waals surface area (Å²) in [4.78, 5) is 35.0. The number of rotatable bonds is 10. The van der Waals surface area contributed by atoms with Gasteiger partial charge in [0.2, 0.25) is 0 Å². The third-order valence-corrected chi connectivity index (χ3v) is 4.26. The smallest absolute Gasteiger partial charge is 0.407 e. The van der Waals surface area contributed by atoms with E-state index in [1.807, 2.05) is 30.3 Å². The number of hydrogen-bond donors (Lipinski definition) is 3. The molecule has 0 aromatic heterocycles. The van der Waals surface area contributed by atoms with E-state index < -0.39 is 30.1 Å². The van der Waals surface area contributed by atoms with E-state index in [4.69, 9.17) is 4.74 Å². The van der Waals surface area contributed by atoms with Crippen LogP contribution in [0.3, 0.4) is 0 Å². The molecule has 0 spiro atoms. The van der Waals surface area contributed by atoms with Crippen LogP contribution in [0.1, 0.15) is 40.9 Å². The Bertz CT molecular complexity index is 836. The van der Waals surface area contributed by atoms with Crippen LogP contribution in [0.15, 0.2) is 54.6 Å². The lowest BCUT2D eigenvalue weighted by Crippen LogP contribution is -2.29. The molecule has 3 N–H and O–H groups in total.